The van der Waals surface area contributed by atoms with Crippen molar-refractivity contribution in [2.75, 3.05) is 92.0 Å². The first-order valence-corrected chi connectivity index (χ1v) is 49.6. The zero-order valence-electron chi connectivity index (χ0n) is 67.5. The molecule has 128 heavy (non-hydrogen) atoms. The molecule has 40 atom stereocenters. The van der Waals surface area contributed by atoms with Crippen LogP contribution in [0.1, 0.15) is 51.4 Å². The van der Waals surface area contributed by atoms with E-state index >= 15 is 0 Å². The monoisotopic (exact) mass is 1990 g/mol. The van der Waals surface area contributed by atoms with Crippen LogP contribution in [-0.4, -0.2) is 467 Å². The number of carboxylic acid groups (broad SMARTS) is 8. The number of carbonyl (C=O) groups excluding carboxylic acids is 8. The summed E-state index contributed by atoms with van der Waals surface area (Å²) in [7, 11) is 0. The topological polar surface area (TPSA) is 792 Å². The van der Waals surface area contributed by atoms with Crippen LogP contribution in [0.15, 0.2) is 0 Å². The average molecular weight is 1990 g/mol. The third-order valence-electron chi connectivity index (χ3n) is 21.3. The summed E-state index contributed by atoms with van der Waals surface area (Å²) in [5.74, 6) is -17.6. The van der Waals surface area contributed by atoms with Crippen molar-refractivity contribution in [1.29, 1.82) is 0 Å². The summed E-state index contributed by atoms with van der Waals surface area (Å²) < 4.78 is 99.6. The number of carboxylic acids is 8. The molecule has 30 heterocycles. The highest BCUT2D eigenvalue weighted by molar-refractivity contribution is 8.00. The van der Waals surface area contributed by atoms with Crippen LogP contribution in [0.3, 0.4) is 0 Å². The van der Waals surface area contributed by atoms with E-state index in [1.807, 2.05) is 0 Å². The highest BCUT2D eigenvalue weighted by Crippen LogP contribution is 2.43. The highest BCUT2D eigenvalue weighted by atomic mass is 32.2. The molecule has 0 aromatic carbocycles. The second-order valence-corrected chi connectivity index (χ2v) is 39.8. The van der Waals surface area contributed by atoms with Crippen molar-refractivity contribution in [3.63, 3.8) is 0 Å². The normalized spacial score (nSPS) is 41.5. The predicted molar refractivity (Wildman–Crippen MR) is 420 cm³/mol. The van der Waals surface area contributed by atoms with Crippen LogP contribution in [0.4, 0.5) is 0 Å². The molecule has 30 fully saturated rings. The SMILES string of the molecule is O=C([O-])CCSCC1OC2OC3C(CSCCC(=O)[O-])OC(OC4C(CSCCC(=O)[O-])OC(OC5C(CSCCC(=O)[O-])OC(OC6C(CSCCC(=O)[O-])OC(OC7C(CSCCC(=O)[O-])OC(OC8C(CSCCC(=O)[O-])OC(OC9C(CSCCC(=O)[O-])OC(OC1C(O)C2O)C(O)C9O)C(O)C8O)C(O)C7O)C(O)C6O)C(O)C5O)C(O)C4O)C(O)C3O. The zero-order valence-corrected chi connectivity index (χ0v) is 74.1. The van der Waals surface area contributed by atoms with E-state index in [4.69, 9.17) is 75.8 Å². The van der Waals surface area contributed by atoms with Crippen molar-refractivity contribution in [3.8, 4) is 0 Å². The molecule has 0 spiro atoms. The molecule has 40 unspecified atom stereocenters. The Kier molecular flexibility index (Phi) is 44.9. The molecule has 30 aliphatic heterocycles. The van der Waals surface area contributed by atoms with Gasteiger partial charge in [0, 0.05) is 93.8 Å². The Morgan fingerprint density at radius 1 is 0.164 bits per heavy atom. The van der Waals surface area contributed by atoms with Crippen LogP contribution < -0.4 is 40.9 Å². The molecule has 736 valence electrons. The summed E-state index contributed by atoms with van der Waals surface area (Å²) in [4.78, 5) is 93.3. The number of thioether (sulfide) groups is 8. The summed E-state index contributed by atoms with van der Waals surface area (Å²) in [5, 5.41) is 288. The largest absolute Gasteiger partial charge is 0.550 e. The fraction of sp³-hybridized carbons (Fsp3) is 0.889. The quantitative estimate of drug-likeness (QED) is 0.0253. The summed E-state index contributed by atoms with van der Waals surface area (Å²) in [6.45, 7) is 0. The lowest BCUT2D eigenvalue weighted by Gasteiger charge is -2.51. The van der Waals surface area contributed by atoms with Gasteiger partial charge in [-0.3, -0.25) is 0 Å². The second kappa shape index (κ2) is 52.7. The van der Waals surface area contributed by atoms with Gasteiger partial charge in [-0.2, -0.15) is 94.1 Å². The maximum absolute atomic E-state index is 12.2. The number of carbonyl (C=O) groups is 8. The fourth-order valence-corrected chi connectivity index (χ4v) is 22.5. The van der Waals surface area contributed by atoms with Crippen molar-refractivity contribution in [2.24, 2.45) is 0 Å². The molecule has 56 heteroatoms. The third kappa shape index (κ3) is 30.6. The number of ether oxygens (including phenoxy) is 16. The third-order valence-corrected chi connectivity index (χ3v) is 29.8. The van der Waals surface area contributed by atoms with Gasteiger partial charge in [-0.15, -0.1) is 0 Å². The van der Waals surface area contributed by atoms with Gasteiger partial charge in [-0.05, 0) is 97.4 Å². The number of aliphatic carboxylic acids is 8. The van der Waals surface area contributed by atoms with E-state index in [0.717, 1.165) is 94.1 Å². The molecular formula is C72H104O48S8-8. The van der Waals surface area contributed by atoms with Crippen molar-refractivity contribution < 1.29 is 237 Å². The van der Waals surface area contributed by atoms with Crippen LogP contribution in [-0.2, 0) is 114 Å². The minimum Gasteiger partial charge on any atom is -0.550 e. The summed E-state index contributed by atoms with van der Waals surface area (Å²) in [6.07, 6.45) is -88.6. The molecule has 30 aliphatic rings. The van der Waals surface area contributed by atoms with Gasteiger partial charge >= 0.3 is 0 Å². The maximum atomic E-state index is 12.2. The van der Waals surface area contributed by atoms with Crippen molar-refractivity contribution >= 4 is 142 Å². The molecule has 0 aromatic rings. The van der Waals surface area contributed by atoms with Crippen LogP contribution in [0.25, 0.3) is 0 Å². The molecule has 0 amide bonds. The van der Waals surface area contributed by atoms with Gasteiger partial charge in [-0.1, -0.05) is 0 Å². The molecule has 0 saturated carbocycles. The molecule has 16 N–H and O–H groups in total. The number of rotatable bonds is 40. The first-order valence-electron chi connectivity index (χ1n) is 40.3. The van der Waals surface area contributed by atoms with Crippen LogP contribution in [0, 0.1) is 0 Å². The Balaban J connectivity index is 1.12. The maximum Gasteiger partial charge on any atom is 0.187 e. The lowest BCUT2D eigenvalue weighted by molar-refractivity contribution is -0.396. The first-order chi connectivity index (χ1) is 60.7. The van der Waals surface area contributed by atoms with Gasteiger partial charge in [0.05, 0.1) is 48.8 Å². The van der Waals surface area contributed by atoms with E-state index in [1.54, 1.807) is 0 Å². The Morgan fingerprint density at radius 2 is 0.258 bits per heavy atom. The van der Waals surface area contributed by atoms with E-state index in [0.29, 0.717) is 0 Å². The minimum absolute atomic E-state index is 0.240. The molecule has 30 saturated heterocycles. The number of hydrogen-bond acceptors (Lipinski definition) is 56. The molecule has 48 nitrogen and oxygen atoms in total. The van der Waals surface area contributed by atoms with Gasteiger partial charge in [0.1, 0.15) is 146 Å². The summed E-state index contributed by atoms with van der Waals surface area (Å²) in [5.41, 5.74) is 0. The van der Waals surface area contributed by atoms with Gasteiger partial charge in [0.25, 0.3) is 0 Å². The van der Waals surface area contributed by atoms with Gasteiger partial charge in [0.2, 0.25) is 0 Å². The average Bonchev–Trinajstić information content (AvgIpc) is 0.770. The van der Waals surface area contributed by atoms with Gasteiger partial charge in [-0.25, -0.2) is 0 Å². The van der Waals surface area contributed by atoms with E-state index in [9.17, 15) is 161 Å². The Labute approximate surface area is 763 Å². The fourth-order valence-electron chi connectivity index (χ4n) is 14.6. The van der Waals surface area contributed by atoms with E-state index in [2.05, 4.69) is 0 Å². The van der Waals surface area contributed by atoms with Crippen LogP contribution in [0.5, 0.6) is 0 Å². The number of hydrogen-bond donors (Lipinski definition) is 16. The van der Waals surface area contributed by atoms with E-state index < -0.39 is 391 Å². The molecule has 0 radical (unpaired) electrons. The van der Waals surface area contributed by atoms with Gasteiger partial charge < -0.3 is 237 Å². The highest BCUT2D eigenvalue weighted by Gasteiger charge is 2.61. The van der Waals surface area contributed by atoms with Gasteiger partial charge in [0.15, 0.2) is 50.3 Å². The minimum atomic E-state index is -2.36. The Bertz CT molecular complexity index is 2830. The number of aliphatic hydroxyl groups excluding tert-OH is 16. The summed E-state index contributed by atoms with van der Waals surface area (Å²) in [6, 6.07) is 0. The zero-order chi connectivity index (χ0) is 93.7. The second-order valence-electron chi connectivity index (χ2n) is 30.6. The standard InChI is InChI=1S/C72H112O48S8/c73-33(74)1-9-121-17-25-57-41(89)49(97)65(105-25)114-58-26(18-122-10-2-34(75)76)107-67(51(99)43(58)91)116-60-28(20-124-12-4-36(79)80)109-69(53(101)45(60)93)118-62-30(22-126-14-6-38(83)84)111-71(55(103)47(62)95)120-64-32(24-128-16-8-40(87)88)112-72(56(104)48(64)96)119-63-31(23-127-15-7-39(85)86)110-70(54(102)46(63)94)117-61-29(21-125-13-5-37(81)82)108-68(52(100)44(61)92)115-59-27(19-123-11-3-35(77)78)106-66(113-57)50(98)42(59)90/h25-32,41-72,89-104H,1-24H2,(H,73,74)(H,75,76)(H,77,78)(H,79,80)(H,81,82)(H,83,84)(H,85,86)(H,87,88)/p-8. The van der Waals surface area contributed by atoms with Crippen LogP contribution >= 0.6 is 94.1 Å². The Morgan fingerprint density at radius 3 is 0.344 bits per heavy atom. The smallest absolute Gasteiger partial charge is 0.187 e. The molecule has 16 bridgehead atoms. The molecule has 30 rings (SSSR count). The van der Waals surface area contributed by atoms with E-state index in [1.165, 1.54) is 0 Å². The predicted octanol–water partition coefficient (Wildman–Crippen LogP) is -18.4. The lowest BCUT2D eigenvalue weighted by atomic mass is 9.95. The van der Waals surface area contributed by atoms with Crippen molar-refractivity contribution in [1.82, 2.24) is 0 Å². The van der Waals surface area contributed by atoms with Crippen LogP contribution in [0.2, 0.25) is 0 Å². The lowest BCUT2D eigenvalue weighted by Crippen LogP contribution is -2.69. The molecular weight excluding hydrogens is 1890 g/mol. The molecule has 0 aliphatic carbocycles. The van der Waals surface area contributed by atoms with E-state index in [-0.39, 0.29) is 46.0 Å². The Hall–Kier alpha value is -2.72. The van der Waals surface area contributed by atoms with Crippen molar-refractivity contribution in [2.45, 2.75) is 297 Å². The van der Waals surface area contributed by atoms with Crippen molar-refractivity contribution in [3.05, 3.63) is 0 Å². The molecule has 0 aromatic heterocycles. The number of aliphatic hydroxyl groups is 16. The first kappa shape index (κ1) is 109. The summed E-state index contributed by atoms with van der Waals surface area (Å²) >= 11 is 6.55.